The number of hydrogen-bond acceptors (Lipinski definition) is 3. The lowest BCUT2D eigenvalue weighted by molar-refractivity contribution is -0.0116. The first kappa shape index (κ1) is 16.4. The number of halogens is 1. The summed E-state index contributed by atoms with van der Waals surface area (Å²) in [6.45, 7) is 6.82. The summed E-state index contributed by atoms with van der Waals surface area (Å²) in [5.41, 5.74) is 7.46. The van der Waals surface area contributed by atoms with E-state index in [1.165, 1.54) is 12.1 Å². The van der Waals surface area contributed by atoms with Gasteiger partial charge in [0.15, 0.2) is 0 Å². The summed E-state index contributed by atoms with van der Waals surface area (Å²) < 4.78 is 19.0. The molecule has 118 valence electrons. The molecule has 0 aliphatic carbocycles. The standard InChI is InChI=1S/C17H27FN2O/c1-3-16(19)17(13-7-9-14(18)10-8-13)20-11-5-6-15(12-20)21-4-2/h7-10,15-17H,3-6,11-12,19H2,1-2H3. The summed E-state index contributed by atoms with van der Waals surface area (Å²) in [4.78, 5) is 2.41. The van der Waals surface area contributed by atoms with Crippen molar-refractivity contribution in [1.82, 2.24) is 4.90 Å². The monoisotopic (exact) mass is 294 g/mol. The molecule has 4 heteroatoms. The van der Waals surface area contributed by atoms with Crippen LogP contribution in [0.25, 0.3) is 0 Å². The molecule has 1 fully saturated rings. The molecule has 1 aliphatic rings. The highest BCUT2D eigenvalue weighted by Gasteiger charge is 2.30. The molecule has 3 atom stereocenters. The first-order valence-electron chi connectivity index (χ1n) is 8.02. The van der Waals surface area contributed by atoms with Crippen molar-refractivity contribution in [2.75, 3.05) is 19.7 Å². The molecule has 0 aromatic heterocycles. The number of piperidine rings is 1. The van der Waals surface area contributed by atoms with Gasteiger partial charge in [-0.25, -0.2) is 4.39 Å². The smallest absolute Gasteiger partial charge is 0.123 e. The minimum atomic E-state index is -0.201. The first-order valence-corrected chi connectivity index (χ1v) is 8.02. The Morgan fingerprint density at radius 1 is 1.33 bits per heavy atom. The first-order chi connectivity index (χ1) is 10.2. The van der Waals surface area contributed by atoms with Crippen LogP contribution in [0.3, 0.4) is 0 Å². The molecule has 1 aromatic carbocycles. The van der Waals surface area contributed by atoms with Gasteiger partial charge in [-0.15, -0.1) is 0 Å². The van der Waals surface area contributed by atoms with Crippen LogP contribution in [0, 0.1) is 5.82 Å². The Hall–Kier alpha value is -0.970. The zero-order valence-electron chi connectivity index (χ0n) is 13.1. The van der Waals surface area contributed by atoms with Crippen molar-refractivity contribution in [3.63, 3.8) is 0 Å². The van der Waals surface area contributed by atoms with Crippen molar-refractivity contribution < 1.29 is 9.13 Å². The summed E-state index contributed by atoms with van der Waals surface area (Å²) in [5.74, 6) is -0.201. The summed E-state index contributed by atoms with van der Waals surface area (Å²) >= 11 is 0. The van der Waals surface area contributed by atoms with E-state index in [-0.39, 0.29) is 24.0 Å². The molecule has 3 nitrogen and oxygen atoms in total. The second-order valence-corrected chi connectivity index (χ2v) is 5.78. The van der Waals surface area contributed by atoms with Gasteiger partial charge in [-0.05, 0) is 50.4 Å². The van der Waals surface area contributed by atoms with Crippen LogP contribution in [0.15, 0.2) is 24.3 Å². The predicted octanol–water partition coefficient (Wildman–Crippen LogP) is 3.11. The maximum Gasteiger partial charge on any atom is 0.123 e. The molecular formula is C17H27FN2O. The minimum Gasteiger partial charge on any atom is -0.377 e. The van der Waals surface area contributed by atoms with Crippen molar-refractivity contribution in [2.45, 2.75) is 51.3 Å². The Morgan fingerprint density at radius 3 is 2.67 bits per heavy atom. The lowest BCUT2D eigenvalue weighted by atomic mass is 9.93. The number of ether oxygens (including phenoxy) is 1. The number of hydrogen-bond donors (Lipinski definition) is 1. The largest absolute Gasteiger partial charge is 0.377 e. The van der Waals surface area contributed by atoms with E-state index < -0.39 is 0 Å². The average Bonchev–Trinajstić information content (AvgIpc) is 2.50. The van der Waals surface area contributed by atoms with Crippen molar-refractivity contribution in [3.8, 4) is 0 Å². The molecule has 21 heavy (non-hydrogen) atoms. The Morgan fingerprint density at radius 2 is 2.05 bits per heavy atom. The third-order valence-electron chi connectivity index (χ3n) is 4.29. The van der Waals surface area contributed by atoms with Crippen LogP contribution >= 0.6 is 0 Å². The SMILES string of the molecule is CCOC1CCCN(C(c2ccc(F)cc2)C(N)CC)C1. The van der Waals surface area contributed by atoms with Gasteiger partial charge in [-0.2, -0.15) is 0 Å². The second kappa shape index (κ2) is 7.87. The highest BCUT2D eigenvalue weighted by atomic mass is 19.1. The molecule has 2 N–H and O–H groups in total. The van der Waals surface area contributed by atoms with Gasteiger partial charge in [-0.3, -0.25) is 4.90 Å². The lowest BCUT2D eigenvalue weighted by Gasteiger charge is -2.40. The van der Waals surface area contributed by atoms with Crippen LogP contribution in [-0.4, -0.2) is 36.7 Å². The van der Waals surface area contributed by atoms with E-state index >= 15 is 0 Å². The molecule has 1 aromatic rings. The summed E-state index contributed by atoms with van der Waals surface area (Å²) in [6.07, 6.45) is 3.43. The van der Waals surface area contributed by atoms with Crippen LogP contribution < -0.4 is 5.73 Å². The van der Waals surface area contributed by atoms with Crippen LogP contribution in [0.2, 0.25) is 0 Å². The number of nitrogens with two attached hydrogens (primary N) is 1. The molecule has 0 spiro atoms. The minimum absolute atomic E-state index is 0.0517. The molecule has 1 aliphatic heterocycles. The van der Waals surface area contributed by atoms with Gasteiger partial charge in [0.25, 0.3) is 0 Å². The maximum absolute atomic E-state index is 13.2. The maximum atomic E-state index is 13.2. The summed E-state index contributed by atoms with van der Waals surface area (Å²) in [6, 6.07) is 6.96. The van der Waals surface area contributed by atoms with E-state index in [1.54, 1.807) is 0 Å². The highest BCUT2D eigenvalue weighted by molar-refractivity contribution is 5.22. The Kier molecular flexibility index (Phi) is 6.15. The van der Waals surface area contributed by atoms with Crippen LogP contribution in [-0.2, 0) is 4.74 Å². The topological polar surface area (TPSA) is 38.5 Å². The molecule has 1 heterocycles. The molecular weight excluding hydrogens is 267 g/mol. The quantitative estimate of drug-likeness (QED) is 0.876. The van der Waals surface area contributed by atoms with Crippen molar-refractivity contribution in [3.05, 3.63) is 35.6 Å². The van der Waals surface area contributed by atoms with Gasteiger partial charge >= 0.3 is 0 Å². The van der Waals surface area contributed by atoms with Gasteiger partial charge in [0.2, 0.25) is 0 Å². The molecule has 0 amide bonds. The van der Waals surface area contributed by atoms with Crippen molar-refractivity contribution in [1.29, 1.82) is 0 Å². The fourth-order valence-electron chi connectivity index (χ4n) is 3.20. The van der Waals surface area contributed by atoms with E-state index in [0.29, 0.717) is 0 Å². The van der Waals surface area contributed by atoms with Gasteiger partial charge in [0.1, 0.15) is 5.82 Å². The molecule has 3 unspecified atom stereocenters. The zero-order chi connectivity index (χ0) is 15.2. The Labute approximate surface area is 127 Å². The van der Waals surface area contributed by atoms with Crippen LogP contribution in [0.5, 0.6) is 0 Å². The summed E-state index contributed by atoms with van der Waals surface area (Å²) in [5, 5.41) is 0. The van der Waals surface area contributed by atoms with Crippen molar-refractivity contribution >= 4 is 0 Å². The second-order valence-electron chi connectivity index (χ2n) is 5.78. The predicted molar refractivity (Wildman–Crippen MR) is 83.6 cm³/mol. The van der Waals surface area contributed by atoms with E-state index in [4.69, 9.17) is 10.5 Å². The molecule has 0 saturated carbocycles. The molecule has 2 rings (SSSR count). The molecule has 0 bridgehead atoms. The zero-order valence-corrected chi connectivity index (χ0v) is 13.1. The van der Waals surface area contributed by atoms with E-state index in [2.05, 4.69) is 11.8 Å². The van der Waals surface area contributed by atoms with E-state index in [9.17, 15) is 4.39 Å². The third kappa shape index (κ3) is 4.25. The number of nitrogens with zero attached hydrogens (tertiary/aromatic N) is 1. The molecule has 1 saturated heterocycles. The number of rotatable bonds is 6. The van der Waals surface area contributed by atoms with Gasteiger partial charge in [0.05, 0.1) is 6.10 Å². The lowest BCUT2D eigenvalue weighted by Crippen LogP contribution is -2.47. The average molecular weight is 294 g/mol. The number of benzene rings is 1. The fraction of sp³-hybridized carbons (Fsp3) is 0.647. The van der Waals surface area contributed by atoms with Crippen LogP contribution in [0.1, 0.15) is 44.7 Å². The molecule has 0 radical (unpaired) electrons. The normalized spacial score (nSPS) is 23.0. The van der Waals surface area contributed by atoms with Gasteiger partial charge in [0, 0.05) is 25.2 Å². The highest BCUT2D eigenvalue weighted by Crippen LogP contribution is 2.29. The number of likely N-dealkylation sites (tertiary alicyclic amines) is 1. The van der Waals surface area contributed by atoms with E-state index in [0.717, 1.165) is 44.5 Å². The summed E-state index contributed by atoms with van der Waals surface area (Å²) in [7, 11) is 0. The van der Waals surface area contributed by atoms with Gasteiger partial charge < -0.3 is 10.5 Å². The fourth-order valence-corrected chi connectivity index (χ4v) is 3.20. The third-order valence-corrected chi connectivity index (χ3v) is 4.29. The van der Waals surface area contributed by atoms with E-state index in [1.807, 2.05) is 19.1 Å². The van der Waals surface area contributed by atoms with Crippen molar-refractivity contribution in [2.24, 2.45) is 5.73 Å². The van der Waals surface area contributed by atoms with Crippen LogP contribution in [0.4, 0.5) is 4.39 Å². The Balaban J connectivity index is 2.17. The Bertz CT molecular complexity index is 421. The van der Waals surface area contributed by atoms with Gasteiger partial charge in [-0.1, -0.05) is 19.1 Å².